The fourth-order valence-electron chi connectivity index (χ4n) is 2.77. The Morgan fingerprint density at radius 2 is 1.61 bits per heavy atom. The minimum absolute atomic E-state index is 0.111. The summed E-state index contributed by atoms with van der Waals surface area (Å²) in [7, 11) is -3.73. The number of nitrogens with zero attached hydrogens (tertiary/aromatic N) is 1. The number of carbonyl (C=O) groups excluding carboxylic acids is 1. The summed E-state index contributed by atoms with van der Waals surface area (Å²) >= 11 is 3.31. The molecular formula is C22H16BrN3O4S. The maximum absolute atomic E-state index is 12.6. The standard InChI is InChI=1S/C22H16BrN3O4S/c23-16-5-7-18(8-6-16)26-31(28,29)19-11-9-17(10-12-19)24-13-15(14-27)22-25-20-3-1-2-4-21(20)30-22/h1-14,24,26H. The summed E-state index contributed by atoms with van der Waals surface area (Å²) in [5.74, 6) is 0.196. The molecule has 3 aromatic carbocycles. The van der Waals surface area contributed by atoms with E-state index in [-0.39, 0.29) is 16.4 Å². The van der Waals surface area contributed by atoms with Crippen molar-refractivity contribution in [2.45, 2.75) is 4.90 Å². The molecule has 4 aromatic rings. The van der Waals surface area contributed by atoms with E-state index in [2.05, 4.69) is 31.0 Å². The first-order valence-corrected chi connectivity index (χ1v) is 11.4. The first-order chi connectivity index (χ1) is 14.9. The van der Waals surface area contributed by atoms with Gasteiger partial charge in [0.1, 0.15) is 5.52 Å². The summed E-state index contributed by atoms with van der Waals surface area (Å²) in [5.41, 5.74) is 2.52. The molecule has 2 N–H and O–H groups in total. The third-order valence-corrected chi connectivity index (χ3v) is 6.25. The summed E-state index contributed by atoms with van der Waals surface area (Å²) < 4.78 is 34.1. The summed E-state index contributed by atoms with van der Waals surface area (Å²) in [4.78, 5) is 15.9. The number of hydrogen-bond acceptors (Lipinski definition) is 6. The number of sulfonamides is 1. The third kappa shape index (κ3) is 4.84. The molecule has 9 heteroatoms. The summed E-state index contributed by atoms with van der Waals surface area (Å²) in [5, 5.41) is 2.96. The molecule has 0 aliphatic rings. The molecule has 0 atom stereocenters. The molecule has 0 aliphatic heterocycles. The Morgan fingerprint density at radius 3 is 2.29 bits per heavy atom. The van der Waals surface area contributed by atoms with Gasteiger partial charge in [0.2, 0.25) is 5.89 Å². The molecule has 0 fully saturated rings. The van der Waals surface area contributed by atoms with Gasteiger partial charge in [-0.2, -0.15) is 0 Å². The molecule has 0 spiro atoms. The van der Waals surface area contributed by atoms with Crippen molar-refractivity contribution in [3.05, 3.63) is 89.4 Å². The Bertz CT molecular complexity index is 1330. The van der Waals surface area contributed by atoms with Gasteiger partial charge in [-0.3, -0.25) is 9.52 Å². The lowest BCUT2D eigenvalue weighted by Crippen LogP contribution is -2.12. The highest BCUT2D eigenvalue weighted by Gasteiger charge is 2.14. The van der Waals surface area contributed by atoms with Crippen molar-refractivity contribution < 1.29 is 17.6 Å². The largest absolute Gasteiger partial charge is 0.436 e. The predicted octanol–water partition coefficient (Wildman–Crippen LogP) is 5.04. The highest BCUT2D eigenvalue weighted by Crippen LogP contribution is 2.22. The molecule has 0 saturated heterocycles. The van der Waals surface area contributed by atoms with E-state index in [0.717, 1.165) is 4.47 Å². The lowest BCUT2D eigenvalue weighted by atomic mass is 10.3. The van der Waals surface area contributed by atoms with Crippen molar-refractivity contribution in [1.82, 2.24) is 4.98 Å². The minimum atomic E-state index is -3.73. The van der Waals surface area contributed by atoms with E-state index in [1.54, 1.807) is 48.5 Å². The first-order valence-electron chi connectivity index (χ1n) is 9.11. The molecule has 0 aliphatic carbocycles. The maximum atomic E-state index is 12.6. The molecule has 7 nitrogen and oxygen atoms in total. The number of allylic oxidation sites excluding steroid dienone is 1. The topological polar surface area (TPSA) is 101 Å². The van der Waals surface area contributed by atoms with Crippen LogP contribution in [0, 0.1) is 0 Å². The molecule has 0 amide bonds. The van der Waals surface area contributed by atoms with Gasteiger partial charge in [-0.05, 0) is 60.7 Å². The van der Waals surface area contributed by atoms with E-state index in [4.69, 9.17) is 4.42 Å². The smallest absolute Gasteiger partial charge is 0.261 e. The van der Waals surface area contributed by atoms with Gasteiger partial charge in [0.15, 0.2) is 11.9 Å². The van der Waals surface area contributed by atoms with Crippen LogP contribution in [0.25, 0.3) is 16.7 Å². The van der Waals surface area contributed by atoms with Crippen LogP contribution in [0.4, 0.5) is 11.4 Å². The van der Waals surface area contributed by atoms with Crippen LogP contribution >= 0.6 is 15.9 Å². The van der Waals surface area contributed by atoms with E-state index >= 15 is 0 Å². The molecule has 1 aromatic heterocycles. The Hall–Kier alpha value is -3.43. The molecule has 1 heterocycles. The number of para-hydroxylation sites is 2. The average molecular weight is 498 g/mol. The molecule has 0 unspecified atom stereocenters. The molecular weight excluding hydrogens is 482 g/mol. The maximum Gasteiger partial charge on any atom is 0.261 e. The van der Waals surface area contributed by atoms with Crippen LogP contribution in [0.3, 0.4) is 0 Å². The van der Waals surface area contributed by atoms with Crippen molar-refractivity contribution in [2.75, 3.05) is 10.0 Å². The summed E-state index contributed by atoms with van der Waals surface area (Å²) in [6.45, 7) is 0. The van der Waals surface area contributed by atoms with Crippen LogP contribution in [0.2, 0.25) is 0 Å². The minimum Gasteiger partial charge on any atom is -0.436 e. The van der Waals surface area contributed by atoms with Crippen molar-refractivity contribution in [1.29, 1.82) is 0 Å². The molecule has 4 rings (SSSR count). The lowest BCUT2D eigenvalue weighted by molar-refractivity contribution is -0.103. The number of aromatic nitrogens is 1. The van der Waals surface area contributed by atoms with Crippen molar-refractivity contribution in [3.8, 4) is 0 Å². The number of fused-ring (bicyclic) bond motifs is 1. The van der Waals surface area contributed by atoms with E-state index in [9.17, 15) is 13.2 Å². The van der Waals surface area contributed by atoms with Gasteiger partial charge in [0, 0.05) is 22.0 Å². The summed E-state index contributed by atoms with van der Waals surface area (Å²) in [6.07, 6.45) is 2.10. The first kappa shape index (κ1) is 20.8. The molecule has 0 saturated carbocycles. The summed E-state index contributed by atoms with van der Waals surface area (Å²) in [6, 6.07) is 20.2. The second-order valence-electron chi connectivity index (χ2n) is 6.49. The predicted molar refractivity (Wildman–Crippen MR) is 123 cm³/mol. The average Bonchev–Trinajstić information content (AvgIpc) is 3.20. The second-order valence-corrected chi connectivity index (χ2v) is 9.08. The van der Waals surface area contributed by atoms with E-state index in [1.165, 1.54) is 18.3 Å². The number of aldehydes is 1. The fourth-order valence-corrected chi connectivity index (χ4v) is 4.09. The zero-order valence-electron chi connectivity index (χ0n) is 15.9. The van der Waals surface area contributed by atoms with E-state index in [0.29, 0.717) is 28.8 Å². The second kappa shape index (κ2) is 8.75. The highest BCUT2D eigenvalue weighted by molar-refractivity contribution is 9.10. The normalized spacial score (nSPS) is 12.0. The number of benzene rings is 3. The fraction of sp³-hybridized carbons (Fsp3) is 0. The molecule has 31 heavy (non-hydrogen) atoms. The lowest BCUT2D eigenvalue weighted by Gasteiger charge is -2.09. The monoisotopic (exact) mass is 497 g/mol. The van der Waals surface area contributed by atoms with Gasteiger partial charge in [-0.15, -0.1) is 0 Å². The van der Waals surface area contributed by atoms with Crippen molar-refractivity contribution in [3.63, 3.8) is 0 Å². The van der Waals surface area contributed by atoms with Crippen LogP contribution in [0.1, 0.15) is 5.89 Å². The van der Waals surface area contributed by atoms with Gasteiger partial charge in [0.05, 0.1) is 10.5 Å². The van der Waals surface area contributed by atoms with Gasteiger partial charge in [0.25, 0.3) is 10.0 Å². The van der Waals surface area contributed by atoms with Gasteiger partial charge in [-0.1, -0.05) is 28.1 Å². The van der Waals surface area contributed by atoms with Crippen molar-refractivity contribution >= 4 is 60.3 Å². The van der Waals surface area contributed by atoms with Gasteiger partial charge >= 0.3 is 0 Å². The van der Waals surface area contributed by atoms with Crippen LogP contribution in [-0.4, -0.2) is 19.7 Å². The molecule has 0 radical (unpaired) electrons. The number of halogens is 1. The Morgan fingerprint density at radius 1 is 0.935 bits per heavy atom. The van der Waals surface area contributed by atoms with Crippen LogP contribution in [-0.2, 0) is 14.8 Å². The zero-order valence-corrected chi connectivity index (χ0v) is 18.4. The number of carbonyl (C=O) groups is 1. The number of hydrogen-bond donors (Lipinski definition) is 2. The third-order valence-electron chi connectivity index (χ3n) is 4.32. The van der Waals surface area contributed by atoms with E-state index < -0.39 is 10.0 Å². The van der Waals surface area contributed by atoms with Crippen LogP contribution in [0.15, 0.2) is 92.8 Å². The van der Waals surface area contributed by atoms with Gasteiger partial charge in [-0.25, -0.2) is 13.4 Å². The Balaban J connectivity index is 1.49. The Kier molecular flexibility index (Phi) is 5.88. The van der Waals surface area contributed by atoms with Crippen molar-refractivity contribution in [2.24, 2.45) is 0 Å². The molecule has 0 bridgehead atoms. The highest BCUT2D eigenvalue weighted by atomic mass is 79.9. The zero-order chi connectivity index (χ0) is 21.8. The number of rotatable bonds is 7. The quantitative estimate of drug-likeness (QED) is 0.274. The Labute approximate surface area is 187 Å². The molecule has 156 valence electrons. The number of anilines is 2. The van der Waals surface area contributed by atoms with Gasteiger partial charge < -0.3 is 9.73 Å². The van der Waals surface area contributed by atoms with E-state index in [1.807, 2.05) is 12.1 Å². The van der Waals surface area contributed by atoms with Crippen LogP contribution in [0.5, 0.6) is 0 Å². The number of nitrogens with one attached hydrogen (secondary N) is 2. The SMILES string of the molecule is O=CC(=CNc1ccc(S(=O)(=O)Nc2ccc(Br)cc2)cc1)c1nc2ccccc2o1. The number of oxazole rings is 1. The van der Waals surface area contributed by atoms with Crippen LogP contribution < -0.4 is 10.0 Å².